The molecule has 2 aromatic rings. The smallest absolute Gasteiger partial charge is 0.306 e. The van der Waals surface area contributed by atoms with Crippen LogP contribution >= 0.6 is 11.6 Å². The lowest BCUT2D eigenvalue weighted by molar-refractivity contribution is -0.148. The van der Waals surface area contributed by atoms with Crippen LogP contribution < -0.4 is 14.4 Å². The number of hydrogen-bond acceptors (Lipinski definition) is 6. The Bertz CT molecular complexity index is 1310. The molecule has 222 valence electrons. The zero-order valence-corrected chi connectivity index (χ0v) is 25.3. The van der Waals surface area contributed by atoms with Gasteiger partial charge in [0.05, 0.1) is 26.6 Å². The number of carboxylic acid groups (broad SMARTS) is 1. The van der Waals surface area contributed by atoms with Gasteiger partial charge in [0, 0.05) is 47.0 Å². The first-order chi connectivity index (χ1) is 19.3. The van der Waals surface area contributed by atoms with Crippen LogP contribution in [0.1, 0.15) is 62.8 Å². The van der Waals surface area contributed by atoms with E-state index in [-0.39, 0.29) is 23.7 Å². The van der Waals surface area contributed by atoms with Crippen molar-refractivity contribution in [2.24, 2.45) is 11.3 Å². The number of ether oxygens (including phenoxy) is 3. The van der Waals surface area contributed by atoms with Crippen LogP contribution in [0.5, 0.6) is 11.5 Å². The van der Waals surface area contributed by atoms with Gasteiger partial charge in [-0.25, -0.2) is 0 Å². The lowest BCUT2D eigenvalue weighted by atomic mass is 9.93. The molecule has 2 heterocycles. The van der Waals surface area contributed by atoms with Crippen LogP contribution in [0.25, 0.3) is 0 Å². The Morgan fingerprint density at radius 2 is 1.76 bits per heavy atom. The summed E-state index contributed by atoms with van der Waals surface area (Å²) >= 11 is 6.50. The second-order valence-electron chi connectivity index (χ2n) is 11.9. The van der Waals surface area contributed by atoms with E-state index in [0.29, 0.717) is 65.8 Å². The van der Waals surface area contributed by atoms with Crippen molar-refractivity contribution >= 4 is 35.1 Å². The molecule has 0 aromatic heterocycles. The molecule has 2 aliphatic rings. The Morgan fingerprint density at radius 1 is 1.07 bits per heavy atom. The van der Waals surface area contributed by atoms with E-state index in [1.807, 2.05) is 45.9 Å². The number of carbonyl (C=O) groups excluding carboxylic acids is 2. The van der Waals surface area contributed by atoms with E-state index in [4.69, 9.17) is 25.8 Å². The number of amides is 2. The van der Waals surface area contributed by atoms with Crippen LogP contribution in [0.3, 0.4) is 0 Å². The number of likely N-dealkylation sites (tertiary alicyclic amines) is 1. The summed E-state index contributed by atoms with van der Waals surface area (Å²) in [7, 11) is 3.16. The Morgan fingerprint density at radius 3 is 2.34 bits per heavy atom. The average molecular weight is 587 g/mol. The number of piperidine rings is 1. The number of aliphatic carboxylic acids is 1. The van der Waals surface area contributed by atoms with Crippen molar-refractivity contribution in [1.29, 1.82) is 0 Å². The molecule has 9 nitrogen and oxygen atoms in total. The van der Waals surface area contributed by atoms with Gasteiger partial charge in [0.25, 0.3) is 5.91 Å². The van der Waals surface area contributed by atoms with E-state index in [2.05, 4.69) is 0 Å². The quantitative estimate of drug-likeness (QED) is 0.472. The number of carboxylic acids is 1. The predicted molar refractivity (Wildman–Crippen MR) is 156 cm³/mol. The number of benzene rings is 2. The standard InChI is InChI=1S/C31H39ClN2O7/c1-18-24(39-5)10-8-21(27(18)40-6)28-22-15-20(32)7-9-23(22)34(17-31(2,3)4)29(36)25(41-28)16-26(35)33-13-11-19(12-14-33)30(37)38/h7-10,15,19,25,28H,11-14,16-17H2,1-6H3,(H,37,38)/t25-,28-/m0/s1. The number of rotatable bonds is 7. The van der Waals surface area contributed by atoms with Crippen LogP contribution in [0.15, 0.2) is 30.3 Å². The van der Waals surface area contributed by atoms with Gasteiger partial charge in [0.2, 0.25) is 5.91 Å². The van der Waals surface area contributed by atoms with Gasteiger partial charge in [-0.2, -0.15) is 0 Å². The van der Waals surface area contributed by atoms with E-state index < -0.39 is 24.1 Å². The Hall–Kier alpha value is -3.30. The van der Waals surface area contributed by atoms with Crippen LogP contribution in [0, 0.1) is 18.3 Å². The van der Waals surface area contributed by atoms with E-state index in [9.17, 15) is 19.5 Å². The van der Waals surface area contributed by atoms with Crippen molar-refractivity contribution < 1.29 is 33.7 Å². The summed E-state index contributed by atoms with van der Waals surface area (Å²) < 4.78 is 17.9. The molecule has 1 saturated heterocycles. The molecular formula is C31H39ClN2O7. The zero-order valence-electron chi connectivity index (χ0n) is 24.5. The van der Waals surface area contributed by atoms with E-state index in [1.54, 1.807) is 36.2 Å². The van der Waals surface area contributed by atoms with Gasteiger partial charge < -0.3 is 29.1 Å². The summed E-state index contributed by atoms with van der Waals surface area (Å²) in [6, 6.07) is 9.04. The van der Waals surface area contributed by atoms with E-state index in [1.165, 1.54) is 0 Å². The number of carbonyl (C=O) groups is 3. The lowest BCUT2D eigenvalue weighted by Crippen LogP contribution is -2.47. The molecular weight excluding hydrogens is 548 g/mol. The van der Waals surface area contributed by atoms with Crippen molar-refractivity contribution in [1.82, 2.24) is 4.90 Å². The SMILES string of the molecule is COc1ccc([C@@H]2O[C@@H](CC(=O)N3CCC(C(=O)O)CC3)C(=O)N(CC(C)(C)C)c3ccc(Cl)cc32)c(OC)c1C. The topological polar surface area (TPSA) is 106 Å². The summed E-state index contributed by atoms with van der Waals surface area (Å²) in [6.45, 7) is 9.06. The van der Waals surface area contributed by atoms with E-state index >= 15 is 0 Å². The Balaban J connectivity index is 1.78. The van der Waals surface area contributed by atoms with Crippen molar-refractivity contribution in [3.05, 3.63) is 52.0 Å². The minimum Gasteiger partial charge on any atom is -0.496 e. The maximum absolute atomic E-state index is 14.2. The molecule has 0 radical (unpaired) electrons. The van der Waals surface area contributed by atoms with Gasteiger partial charge in [0.15, 0.2) is 0 Å². The fourth-order valence-electron chi connectivity index (χ4n) is 5.64. The summed E-state index contributed by atoms with van der Waals surface area (Å²) in [5.74, 6) is -0.676. The normalized spacial score (nSPS) is 19.9. The Labute approximate surface area is 246 Å². The molecule has 0 unspecified atom stereocenters. The van der Waals surface area contributed by atoms with Gasteiger partial charge in [-0.3, -0.25) is 14.4 Å². The van der Waals surface area contributed by atoms with Gasteiger partial charge in [0.1, 0.15) is 23.7 Å². The number of nitrogens with zero attached hydrogens (tertiary/aromatic N) is 2. The molecule has 2 aliphatic heterocycles. The highest BCUT2D eigenvalue weighted by Gasteiger charge is 2.41. The number of halogens is 1. The number of anilines is 1. The van der Waals surface area contributed by atoms with Crippen LogP contribution in [0.4, 0.5) is 5.69 Å². The molecule has 0 spiro atoms. The summed E-state index contributed by atoms with van der Waals surface area (Å²) in [4.78, 5) is 42.4. The third-order valence-electron chi connectivity index (χ3n) is 7.69. The second kappa shape index (κ2) is 12.3. The molecule has 0 bridgehead atoms. The summed E-state index contributed by atoms with van der Waals surface area (Å²) in [5, 5.41) is 9.84. The van der Waals surface area contributed by atoms with Crippen molar-refractivity contribution in [3.8, 4) is 11.5 Å². The van der Waals surface area contributed by atoms with Crippen LogP contribution in [-0.4, -0.2) is 67.7 Å². The molecule has 2 amide bonds. The average Bonchev–Trinajstić information content (AvgIpc) is 3.02. The molecule has 4 rings (SSSR count). The zero-order chi connectivity index (χ0) is 30.1. The van der Waals surface area contributed by atoms with Gasteiger partial charge in [-0.05, 0) is 55.5 Å². The first kappa shape index (κ1) is 30.7. The van der Waals surface area contributed by atoms with Crippen molar-refractivity contribution in [3.63, 3.8) is 0 Å². The Kier molecular flexibility index (Phi) is 9.19. The highest BCUT2D eigenvalue weighted by molar-refractivity contribution is 6.30. The first-order valence-corrected chi connectivity index (χ1v) is 14.2. The molecule has 2 atom stereocenters. The molecule has 41 heavy (non-hydrogen) atoms. The van der Waals surface area contributed by atoms with Crippen LogP contribution in [0.2, 0.25) is 5.02 Å². The first-order valence-electron chi connectivity index (χ1n) is 13.8. The highest BCUT2D eigenvalue weighted by Crippen LogP contribution is 2.45. The summed E-state index contributed by atoms with van der Waals surface area (Å²) in [5.41, 5.74) is 2.55. The maximum Gasteiger partial charge on any atom is 0.306 e. The molecule has 2 aromatic carbocycles. The monoisotopic (exact) mass is 586 g/mol. The van der Waals surface area contributed by atoms with Gasteiger partial charge in [-0.1, -0.05) is 32.4 Å². The minimum absolute atomic E-state index is 0.174. The van der Waals surface area contributed by atoms with Crippen molar-refractivity contribution in [2.75, 3.05) is 38.8 Å². The highest BCUT2D eigenvalue weighted by atomic mass is 35.5. The predicted octanol–water partition coefficient (Wildman–Crippen LogP) is 5.25. The molecule has 0 saturated carbocycles. The van der Waals surface area contributed by atoms with Gasteiger partial charge in [-0.15, -0.1) is 0 Å². The molecule has 1 fully saturated rings. The fraction of sp³-hybridized carbons (Fsp3) is 0.516. The number of hydrogen-bond donors (Lipinski definition) is 1. The fourth-order valence-corrected chi connectivity index (χ4v) is 5.82. The lowest BCUT2D eigenvalue weighted by Gasteiger charge is -2.33. The largest absolute Gasteiger partial charge is 0.496 e. The molecule has 10 heteroatoms. The minimum atomic E-state index is -1.09. The number of fused-ring (bicyclic) bond motifs is 1. The third-order valence-corrected chi connectivity index (χ3v) is 7.92. The number of methoxy groups -OCH3 is 2. The van der Waals surface area contributed by atoms with Crippen molar-refractivity contribution in [2.45, 2.75) is 59.2 Å². The third kappa shape index (κ3) is 6.62. The van der Waals surface area contributed by atoms with Gasteiger partial charge >= 0.3 is 5.97 Å². The summed E-state index contributed by atoms with van der Waals surface area (Å²) in [6.07, 6.45) is -1.28. The molecule has 0 aliphatic carbocycles. The second-order valence-corrected chi connectivity index (χ2v) is 12.3. The van der Waals surface area contributed by atoms with Crippen LogP contribution in [-0.2, 0) is 19.1 Å². The maximum atomic E-state index is 14.2. The molecule has 1 N–H and O–H groups in total. The van der Waals surface area contributed by atoms with E-state index in [0.717, 1.165) is 5.56 Å².